The largest absolute Gasteiger partial charge is 0.366 e. The number of amides is 2. The molecule has 3 heterocycles. The Labute approximate surface area is 154 Å². The van der Waals surface area contributed by atoms with Crippen LogP contribution in [-0.4, -0.2) is 54.4 Å². The summed E-state index contributed by atoms with van der Waals surface area (Å²) in [6.45, 7) is 5.77. The minimum absolute atomic E-state index is 0.122. The molecule has 3 N–H and O–H groups in total. The minimum atomic E-state index is -0.527. The lowest BCUT2D eigenvalue weighted by molar-refractivity contribution is -0.117. The molecule has 0 bridgehead atoms. The number of aromatic nitrogens is 1. The highest BCUT2D eigenvalue weighted by Crippen LogP contribution is 2.23. The molecule has 0 aliphatic carbocycles. The molecule has 0 aromatic carbocycles. The standard InChI is InChI=1S/C16H21N5O2S2/c1-11-10-25-16(18-11)21-5-2-4-20(6-7-21)9-13(22)19-15-12(14(17)23)3-8-24-15/h3,8,10H,2,4-7,9H2,1H3,(H2,17,23)(H,19,22). The molecule has 0 radical (unpaired) electrons. The van der Waals surface area contributed by atoms with Crippen molar-refractivity contribution in [3.8, 4) is 0 Å². The molecule has 7 nitrogen and oxygen atoms in total. The molecule has 2 aromatic heterocycles. The Morgan fingerprint density at radius 2 is 2.12 bits per heavy atom. The van der Waals surface area contributed by atoms with Crippen LogP contribution in [0.2, 0.25) is 0 Å². The van der Waals surface area contributed by atoms with Crippen molar-refractivity contribution in [2.75, 3.05) is 42.9 Å². The van der Waals surface area contributed by atoms with Crippen LogP contribution < -0.4 is 16.0 Å². The maximum atomic E-state index is 12.3. The zero-order valence-corrected chi connectivity index (χ0v) is 15.7. The second-order valence-electron chi connectivity index (χ2n) is 5.96. The van der Waals surface area contributed by atoms with Crippen LogP contribution in [0.5, 0.6) is 0 Å². The van der Waals surface area contributed by atoms with E-state index in [0.717, 1.165) is 43.4 Å². The van der Waals surface area contributed by atoms with Gasteiger partial charge in [0.1, 0.15) is 5.00 Å². The number of nitrogens with two attached hydrogens (primary N) is 1. The van der Waals surface area contributed by atoms with Gasteiger partial charge in [0.15, 0.2) is 5.13 Å². The number of carbonyl (C=O) groups excluding carboxylic acids is 2. The fourth-order valence-corrected chi connectivity index (χ4v) is 4.44. The van der Waals surface area contributed by atoms with Crippen molar-refractivity contribution in [2.45, 2.75) is 13.3 Å². The lowest BCUT2D eigenvalue weighted by Gasteiger charge is -2.21. The van der Waals surface area contributed by atoms with Gasteiger partial charge in [-0.2, -0.15) is 0 Å². The van der Waals surface area contributed by atoms with Crippen LogP contribution >= 0.6 is 22.7 Å². The van der Waals surface area contributed by atoms with Gasteiger partial charge in [0.25, 0.3) is 5.91 Å². The number of anilines is 2. The van der Waals surface area contributed by atoms with Gasteiger partial charge >= 0.3 is 0 Å². The maximum absolute atomic E-state index is 12.3. The maximum Gasteiger partial charge on any atom is 0.251 e. The molecule has 134 valence electrons. The van der Waals surface area contributed by atoms with Crippen LogP contribution in [0, 0.1) is 6.92 Å². The van der Waals surface area contributed by atoms with E-state index in [0.29, 0.717) is 17.1 Å². The third-order valence-corrected chi connectivity index (χ3v) is 5.87. The Balaban J connectivity index is 1.53. The molecular weight excluding hydrogens is 358 g/mol. The normalized spacial score (nSPS) is 15.8. The van der Waals surface area contributed by atoms with E-state index in [4.69, 9.17) is 5.73 Å². The summed E-state index contributed by atoms with van der Waals surface area (Å²) in [6, 6.07) is 1.63. The van der Waals surface area contributed by atoms with Gasteiger partial charge in [0.2, 0.25) is 5.91 Å². The van der Waals surface area contributed by atoms with Crippen molar-refractivity contribution < 1.29 is 9.59 Å². The Morgan fingerprint density at radius 1 is 1.28 bits per heavy atom. The summed E-state index contributed by atoms with van der Waals surface area (Å²) in [5.74, 6) is -0.649. The van der Waals surface area contributed by atoms with Crippen LogP contribution in [0.25, 0.3) is 0 Å². The van der Waals surface area contributed by atoms with E-state index in [2.05, 4.69) is 25.5 Å². The minimum Gasteiger partial charge on any atom is -0.366 e. The number of thiazole rings is 1. The fourth-order valence-electron chi connectivity index (χ4n) is 2.78. The molecule has 0 saturated carbocycles. The predicted octanol–water partition coefficient (Wildman–Crippen LogP) is 1.76. The number of hydrogen-bond acceptors (Lipinski definition) is 7. The molecule has 0 spiro atoms. The smallest absolute Gasteiger partial charge is 0.251 e. The van der Waals surface area contributed by atoms with Gasteiger partial charge in [-0.3, -0.25) is 14.5 Å². The Hall–Kier alpha value is -1.97. The highest BCUT2D eigenvalue weighted by atomic mass is 32.1. The van der Waals surface area contributed by atoms with Gasteiger partial charge in [-0.25, -0.2) is 4.98 Å². The van der Waals surface area contributed by atoms with Gasteiger partial charge in [-0.1, -0.05) is 0 Å². The second-order valence-corrected chi connectivity index (χ2v) is 7.72. The van der Waals surface area contributed by atoms with E-state index < -0.39 is 5.91 Å². The SMILES string of the molecule is Cc1csc(N2CCCN(CC(=O)Nc3sccc3C(N)=O)CC2)n1. The first-order chi connectivity index (χ1) is 12.0. The first kappa shape index (κ1) is 17.8. The number of nitrogens with zero attached hydrogens (tertiary/aromatic N) is 3. The molecule has 2 aromatic rings. The summed E-state index contributed by atoms with van der Waals surface area (Å²) in [5, 5.41) is 8.17. The molecule has 9 heteroatoms. The van der Waals surface area contributed by atoms with E-state index in [1.54, 1.807) is 22.8 Å². The van der Waals surface area contributed by atoms with Crippen molar-refractivity contribution in [3.63, 3.8) is 0 Å². The average molecular weight is 380 g/mol. The van der Waals surface area contributed by atoms with Crippen molar-refractivity contribution in [1.82, 2.24) is 9.88 Å². The molecule has 2 amide bonds. The summed E-state index contributed by atoms with van der Waals surface area (Å²) in [4.78, 5) is 32.6. The fraction of sp³-hybridized carbons (Fsp3) is 0.438. The van der Waals surface area contributed by atoms with Crippen LogP contribution in [0.15, 0.2) is 16.8 Å². The number of aryl methyl sites for hydroxylation is 1. The van der Waals surface area contributed by atoms with E-state index in [-0.39, 0.29) is 5.91 Å². The summed E-state index contributed by atoms with van der Waals surface area (Å²) in [5.41, 5.74) is 6.71. The third kappa shape index (κ3) is 4.56. The third-order valence-electron chi connectivity index (χ3n) is 4.02. The zero-order valence-electron chi connectivity index (χ0n) is 14.0. The first-order valence-electron chi connectivity index (χ1n) is 8.09. The summed E-state index contributed by atoms with van der Waals surface area (Å²) in [7, 11) is 0. The van der Waals surface area contributed by atoms with Gasteiger partial charge in [0, 0.05) is 31.6 Å². The highest BCUT2D eigenvalue weighted by Gasteiger charge is 2.20. The number of thiophene rings is 1. The Kier molecular flexibility index (Phi) is 5.67. The summed E-state index contributed by atoms with van der Waals surface area (Å²) >= 11 is 2.97. The topological polar surface area (TPSA) is 91.6 Å². The van der Waals surface area contributed by atoms with Crippen molar-refractivity contribution in [2.24, 2.45) is 5.73 Å². The number of nitrogens with one attached hydrogen (secondary N) is 1. The lowest BCUT2D eigenvalue weighted by atomic mass is 10.3. The van der Waals surface area contributed by atoms with E-state index in [1.807, 2.05) is 6.92 Å². The molecule has 1 aliphatic heterocycles. The van der Waals surface area contributed by atoms with E-state index in [9.17, 15) is 9.59 Å². The van der Waals surface area contributed by atoms with E-state index >= 15 is 0 Å². The van der Waals surface area contributed by atoms with Gasteiger partial charge in [0.05, 0.1) is 17.8 Å². The molecule has 0 unspecified atom stereocenters. The van der Waals surface area contributed by atoms with Crippen LogP contribution in [0.1, 0.15) is 22.5 Å². The van der Waals surface area contributed by atoms with Crippen molar-refractivity contribution in [3.05, 3.63) is 28.1 Å². The highest BCUT2D eigenvalue weighted by molar-refractivity contribution is 7.14. The van der Waals surface area contributed by atoms with Crippen LogP contribution in [0.3, 0.4) is 0 Å². The summed E-state index contributed by atoms with van der Waals surface area (Å²) < 4.78 is 0. The van der Waals surface area contributed by atoms with Gasteiger partial charge in [-0.05, 0) is 24.8 Å². The van der Waals surface area contributed by atoms with Gasteiger partial charge < -0.3 is 16.0 Å². The number of rotatable bonds is 5. The molecule has 1 aliphatic rings. The van der Waals surface area contributed by atoms with Gasteiger partial charge in [-0.15, -0.1) is 22.7 Å². The zero-order chi connectivity index (χ0) is 17.8. The van der Waals surface area contributed by atoms with Crippen molar-refractivity contribution >= 4 is 44.6 Å². The Morgan fingerprint density at radius 3 is 2.84 bits per heavy atom. The molecule has 1 saturated heterocycles. The number of carbonyl (C=O) groups is 2. The molecule has 3 rings (SSSR count). The molecule has 25 heavy (non-hydrogen) atoms. The second kappa shape index (κ2) is 7.94. The monoisotopic (exact) mass is 379 g/mol. The lowest BCUT2D eigenvalue weighted by Crippen LogP contribution is -2.36. The quantitative estimate of drug-likeness (QED) is 0.826. The number of hydrogen-bond donors (Lipinski definition) is 2. The van der Waals surface area contributed by atoms with Crippen LogP contribution in [0.4, 0.5) is 10.1 Å². The van der Waals surface area contributed by atoms with Crippen molar-refractivity contribution in [1.29, 1.82) is 0 Å². The molecule has 0 atom stereocenters. The molecule has 1 fully saturated rings. The predicted molar refractivity (Wildman–Crippen MR) is 102 cm³/mol. The van der Waals surface area contributed by atoms with Crippen LogP contribution in [-0.2, 0) is 4.79 Å². The van der Waals surface area contributed by atoms with E-state index in [1.165, 1.54) is 11.3 Å². The molecular formula is C16H21N5O2S2. The average Bonchev–Trinajstić information content (AvgIpc) is 3.13. The first-order valence-corrected chi connectivity index (χ1v) is 9.85. The Bertz CT molecular complexity index is 757. The summed E-state index contributed by atoms with van der Waals surface area (Å²) in [6.07, 6.45) is 0.984. The number of primary amides is 1.